The van der Waals surface area contributed by atoms with Crippen molar-refractivity contribution in [3.8, 4) is 17.5 Å². The zero-order valence-electron chi connectivity index (χ0n) is 10.7. The number of imidazole rings is 1. The normalized spacial score (nSPS) is 10.9. The van der Waals surface area contributed by atoms with Gasteiger partial charge in [-0.15, -0.1) is 5.10 Å². The van der Waals surface area contributed by atoms with Crippen molar-refractivity contribution in [1.82, 2.24) is 39.5 Å². The van der Waals surface area contributed by atoms with Crippen molar-refractivity contribution >= 4 is 11.6 Å². The highest BCUT2D eigenvalue weighted by Gasteiger charge is 2.13. The van der Waals surface area contributed by atoms with Crippen LogP contribution in [-0.2, 0) is 6.54 Å². The second kappa shape index (κ2) is 5.33. The predicted molar refractivity (Wildman–Crippen MR) is 71.3 cm³/mol. The Morgan fingerprint density at radius 2 is 2.15 bits per heavy atom. The van der Waals surface area contributed by atoms with Gasteiger partial charge in [0.25, 0.3) is 0 Å². The average Bonchev–Trinajstić information content (AvgIpc) is 3.09. The van der Waals surface area contributed by atoms with Crippen LogP contribution in [0.3, 0.4) is 0 Å². The van der Waals surface area contributed by atoms with E-state index in [4.69, 9.17) is 11.6 Å². The van der Waals surface area contributed by atoms with E-state index >= 15 is 0 Å². The zero-order chi connectivity index (χ0) is 13.9. The first-order valence-corrected chi connectivity index (χ1v) is 6.44. The van der Waals surface area contributed by atoms with Crippen LogP contribution in [-0.4, -0.2) is 39.5 Å². The molecule has 3 rings (SSSR count). The summed E-state index contributed by atoms with van der Waals surface area (Å²) >= 11 is 5.97. The Kier molecular flexibility index (Phi) is 3.38. The lowest BCUT2D eigenvalue weighted by atomic mass is 10.4. The molecule has 0 N–H and O–H groups in total. The Hall–Kier alpha value is -2.35. The molecule has 0 atom stereocenters. The Bertz CT molecular complexity index is 705. The lowest BCUT2D eigenvalue weighted by Crippen LogP contribution is -2.07. The minimum absolute atomic E-state index is 0.114. The van der Waals surface area contributed by atoms with Crippen LogP contribution >= 0.6 is 11.6 Å². The fraction of sp³-hybridized carbons (Fsp3) is 0.273. The van der Waals surface area contributed by atoms with Crippen molar-refractivity contribution in [2.45, 2.75) is 19.9 Å². The molecule has 8 nitrogen and oxygen atoms in total. The predicted octanol–water partition coefficient (Wildman–Crippen LogP) is 1.38. The van der Waals surface area contributed by atoms with Crippen LogP contribution in [0.4, 0.5) is 0 Å². The summed E-state index contributed by atoms with van der Waals surface area (Å²) in [5.74, 6) is 0.842. The number of halogens is 1. The summed E-state index contributed by atoms with van der Waals surface area (Å²) in [7, 11) is 0. The quantitative estimate of drug-likeness (QED) is 0.721. The van der Waals surface area contributed by atoms with E-state index in [9.17, 15) is 0 Å². The van der Waals surface area contributed by atoms with E-state index in [-0.39, 0.29) is 5.28 Å². The van der Waals surface area contributed by atoms with Gasteiger partial charge in [0.1, 0.15) is 12.0 Å². The van der Waals surface area contributed by atoms with E-state index in [0.29, 0.717) is 17.5 Å². The van der Waals surface area contributed by atoms with E-state index in [1.807, 2.05) is 0 Å². The molecule has 0 aliphatic rings. The zero-order valence-corrected chi connectivity index (χ0v) is 11.4. The van der Waals surface area contributed by atoms with Crippen molar-refractivity contribution in [3.63, 3.8) is 0 Å². The molecule has 102 valence electrons. The summed E-state index contributed by atoms with van der Waals surface area (Å²) in [5, 5.41) is 8.01. The first kappa shape index (κ1) is 12.7. The molecule has 0 aromatic carbocycles. The van der Waals surface area contributed by atoms with Gasteiger partial charge in [-0.25, -0.2) is 9.67 Å². The molecular formula is C11H11ClN8. The Labute approximate surface area is 119 Å². The third-order valence-corrected chi connectivity index (χ3v) is 2.78. The molecule has 20 heavy (non-hydrogen) atoms. The van der Waals surface area contributed by atoms with Gasteiger partial charge in [0.15, 0.2) is 5.82 Å². The molecule has 0 fully saturated rings. The van der Waals surface area contributed by atoms with Crippen LogP contribution in [0.2, 0.25) is 5.28 Å². The average molecular weight is 291 g/mol. The molecule has 0 aliphatic heterocycles. The molecule has 3 heterocycles. The minimum atomic E-state index is 0.114. The van der Waals surface area contributed by atoms with Gasteiger partial charge in [-0.1, -0.05) is 12.1 Å². The molecule has 3 aromatic heterocycles. The first-order chi connectivity index (χ1) is 9.78. The van der Waals surface area contributed by atoms with E-state index in [0.717, 1.165) is 13.0 Å². The Morgan fingerprint density at radius 1 is 1.25 bits per heavy atom. The molecule has 0 spiro atoms. The summed E-state index contributed by atoms with van der Waals surface area (Å²) in [5.41, 5.74) is 0.706. The van der Waals surface area contributed by atoms with E-state index < -0.39 is 0 Å². The smallest absolute Gasteiger partial charge is 0.239 e. The molecule has 0 radical (unpaired) electrons. The molecule has 0 aliphatic carbocycles. The monoisotopic (exact) mass is 290 g/mol. The van der Waals surface area contributed by atoms with E-state index in [1.54, 1.807) is 34.2 Å². The van der Waals surface area contributed by atoms with E-state index in [1.165, 1.54) is 0 Å². The largest absolute Gasteiger partial charge is 0.274 e. The van der Waals surface area contributed by atoms with Crippen LogP contribution in [0.5, 0.6) is 0 Å². The fourth-order valence-corrected chi connectivity index (χ4v) is 1.91. The topological polar surface area (TPSA) is 87.2 Å². The highest BCUT2D eigenvalue weighted by atomic mass is 35.5. The maximum atomic E-state index is 5.97. The van der Waals surface area contributed by atoms with Gasteiger partial charge in [0.2, 0.25) is 11.2 Å². The second-order valence-electron chi connectivity index (χ2n) is 4.04. The second-order valence-corrected chi connectivity index (χ2v) is 4.38. The van der Waals surface area contributed by atoms with Gasteiger partial charge < -0.3 is 0 Å². The number of nitrogens with zero attached hydrogens (tertiary/aromatic N) is 8. The first-order valence-electron chi connectivity index (χ1n) is 6.06. The van der Waals surface area contributed by atoms with Gasteiger partial charge in [-0.05, 0) is 18.0 Å². The van der Waals surface area contributed by atoms with Gasteiger partial charge in [-0.3, -0.25) is 4.57 Å². The highest BCUT2D eigenvalue weighted by Crippen LogP contribution is 2.16. The molecule has 0 saturated heterocycles. The molecule has 3 aromatic rings. The Morgan fingerprint density at radius 3 is 2.90 bits per heavy atom. The summed E-state index contributed by atoms with van der Waals surface area (Å²) in [4.78, 5) is 16.5. The third kappa shape index (κ3) is 2.37. The van der Waals surface area contributed by atoms with Crippen LogP contribution in [0.1, 0.15) is 13.3 Å². The Balaban J connectivity index is 2.08. The molecule has 0 saturated carbocycles. The SMILES string of the molecule is CCCn1nncc1-c1nc(Cl)nc(-n2ccnc2)n1. The van der Waals surface area contributed by atoms with Crippen molar-refractivity contribution in [1.29, 1.82) is 0 Å². The maximum absolute atomic E-state index is 5.97. The highest BCUT2D eigenvalue weighted by molar-refractivity contribution is 6.28. The van der Waals surface area contributed by atoms with Crippen molar-refractivity contribution in [2.75, 3.05) is 0 Å². The van der Waals surface area contributed by atoms with Crippen LogP contribution in [0.15, 0.2) is 24.9 Å². The van der Waals surface area contributed by atoms with Crippen LogP contribution in [0, 0.1) is 0 Å². The van der Waals surface area contributed by atoms with Gasteiger partial charge in [0.05, 0.1) is 6.20 Å². The van der Waals surface area contributed by atoms with Gasteiger partial charge >= 0.3 is 0 Å². The van der Waals surface area contributed by atoms with Crippen molar-refractivity contribution in [3.05, 3.63) is 30.2 Å². The molecule has 0 amide bonds. The lowest BCUT2D eigenvalue weighted by Gasteiger charge is -2.05. The lowest BCUT2D eigenvalue weighted by molar-refractivity contribution is 0.582. The summed E-state index contributed by atoms with van der Waals surface area (Å²) in [6, 6.07) is 0. The molecule has 0 unspecified atom stereocenters. The van der Waals surface area contributed by atoms with Crippen LogP contribution < -0.4 is 0 Å². The van der Waals surface area contributed by atoms with E-state index in [2.05, 4.69) is 37.2 Å². The molecule has 0 bridgehead atoms. The maximum Gasteiger partial charge on any atom is 0.239 e. The van der Waals surface area contributed by atoms with Crippen molar-refractivity contribution in [2.24, 2.45) is 0 Å². The number of rotatable bonds is 4. The fourth-order valence-electron chi connectivity index (χ4n) is 1.75. The summed E-state index contributed by atoms with van der Waals surface area (Å²) in [6.07, 6.45) is 7.51. The standard InChI is InChI=1S/C11H11ClN8/c1-2-4-20-8(6-14-18-20)9-15-10(12)17-11(16-9)19-5-3-13-7-19/h3,5-7H,2,4H2,1H3. The number of aryl methyl sites for hydroxylation is 1. The van der Waals surface area contributed by atoms with Crippen LogP contribution in [0.25, 0.3) is 17.5 Å². The summed E-state index contributed by atoms with van der Waals surface area (Å²) in [6.45, 7) is 2.79. The third-order valence-electron chi connectivity index (χ3n) is 2.61. The summed E-state index contributed by atoms with van der Waals surface area (Å²) < 4.78 is 3.40. The van der Waals surface area contributed by atoms with Gasteiger partial charge in [0, 0.05) is 18.9 Å². The number of hydrogen-bond donors (Lipinski definition) is 0. The molecule has 9 heteroatoms. The van der Waals surface area contributed by atoms with Gasteiger partial charge in [-0.2, -0.15) is 15.0 Å². The molecular weight excluding hydrogens is 280 g/mol. The minimum Gasteiger partial charge on any atom is -0.274 e. The number of aromatic nitrogens is 8. The number of hydrogen-bond acceptors (Lipinski definition) is 6. The van der Waals surface area contributed by atoms with Crippen molar-refractivity contribution < 1.29 is 0 Å².